The van der Waals surface area contributed by atoms with E-state index in [-0.39, 0.29) is 19.1 Å². The van der Waals surface area contributed by atoms with Crippen LogP contribution in [0.1, 0.15) is 12.8 Å². The molecule has 1 amide bonds. The van der Waals surface area contributed by atoms with Crippen LogP contribution in [0.25, 0.3) is 0 Å². The van der Waals surface area contributed by atoms with Gasteiger partial charge in [-0.1, -0.05) is 0 Å². The number of carbonyl (C=O) groups is 1. The molecule has 7 heteroatoms. The lowest BCUT2D eigenvalue weighted by atomic mass is 10.0. The first kappa shape index (κ1) is 13.6. The van der Waals surface area contributed by atoms with Crippen molar-refractivity contribution in [2.24, 2.45) is 0 Å². The average Bonchev–Trinajstić information content (AvgIpc) is 2.38. The summed E-state index contributed by atoms with van der Waals surface area (Å²) >= 11 is 0. The van der Waals surface area contributed by atoms with E-state index in [1.54, 1.807) is 0 Å². The minimum Gasteiger partial charge on any atom is -0.379 e. The maximum atomic E-state index is 12.4. The van der Waals surface area contributed by atoms with E-state index < -0.39 is 12.1 Å². The van der Waals surface area contributed by atoms with Gasteiger partial charge in [-0.2, -0.15) is 13.2 Å². The fourth-order valence-corrected chi connectivity index (χ4v) is 2.56. The van der Waals surface area contributed by atoms with Crippen molar-refractivity contribution >= 4 is 5.91 Å². The first-order chi connectivity index (χ1) is 8.48. The summed E-state index contributed by atoms with van der Waals surface area (Å²) in [7, 11) is 0. The van der Waals surface area contributed by atoms with E-state index in [4.69, 9.17) is 4.74 Å². The number of likely N-dealkylation sites (tertiary alicyclic amines) is 1. The Labute approximate surface area is 104 Å². The topological polar surface area (TPSA) is 32.8 Å². The monoisotopic (exact) mass is 266 g/mol. The Morgan fingerprint density at radius 1 is 1.17 bits per heavy atom. The molecule has 2 aliphatic rings. The highest BCUT2D eigenvalue weighted by Gasteiger charge is 2.44. The summed E-state index contributed by atoms with van der Waals surface area (Å²) in [6, 6.07) is 0.0361. The Bertz CT molecular complexity index is 303. The first-order valence-corrected chi connectivity index (χ1v) is 6.16. The first-order valence-electron chi connectivity index (χ1n) is 6.16. The van der Waals surface area contributed by atoms with Gasteiger partial charge >= 0.3 is 12.1 Å². The summed E-state index contributed by atoms with van der Waals surface area (Å²) in [5.74, 6) is -1.71. The molecule has 2 fully saturated rings. The van der Waals surface area contributed by atoms with E-state index in [2.05, 4.69) is 4.90 Å². The van der Waals surface area contributed by atoms with Gasteiger partial charge < -0.3 is 9.64 Å². The van der Waals surface area contributed by atoms with Gasteiger partial charge in [0.1, 0.15) is 0 Å². The second kappa shape index (κ2) is 5.44. The van der Waals surface area contributed by atoms with Gasteiger partial charge in [0, 0.05) is 32.2 Å². The molecule has 2 saturated heterocycles. The van der Waals surface area contributed by atoms with Crippen molar-refractivity contribution in [1.29, 1.82) is 0 Å². The van der Waals surface area contributed by atoms with Crippen LogP contribution in [0, 0.1) is 0 Å². The zero-order valence-electron chi connectivity index (χ0n) is 10.1. The maximum absolute atomic E-state index is 12.4. The fourth-order valence-electron chi connectivity index (χ4n) is 2.56. The molecule has 2 aliphatic heterocycles. The molecule has 0 saturated carbocycles. The highest BCUT2D eigenvalue weighted by Crippen LogP contribution is 2.23. The molecule has 18 heavy (non-hydrogen) atoms. The zero-order chi connectivity index (χ0) is 13.2. The van der Waals surface area contributed by atoms with Gasteiger partial charge in [-0.05, 0) is 12.8 Å². The number of alkyl halides is 3. The number of rotatable bonds is 1. The summed E-state index contributed by atoms with van der Waals surface area (Å²) < 4.78 is 42.4. The van der Waals surface area contributed by atoms with E-state index in [0.29, 0.717) is 19.6 Å². The number of carbonyl (C=O) groups excluding carboxylic acids is 1. The fraction of sp³-hybridized carbons (Fsp3) is 0.909. The van der Waals surface area contributed by atoms with Crippen LogP contribution in [0.2, 0.25) is 0 Å². The summed E-state index contributed by atoms with van der Waals surface area (Å²) in [5.41, 5.74) is 0. The summed E-state index contributed by atoms with van der Waals surface area (Å²) in [5, 5.41) is 0. The molecule has 0 aromatic carbocycles. The van der Waals surface area contributed by atoms with Crippen molar-refractivity contribution in [1.82, 2.24) is 9.80 Å². The van der Waals surface area contributed by atoms with E-state index in [1.807, 2.05) is 0 Å². The highest BCUT2D eigenvalue weighted by atomic mass is 19.4. The van der Waals surface area contributed by atoms with Crippen LogP contribution in [-0.4, -0.2) is 67.3 Å². The van der Waals surface area contributed by atoms with Crippen LogP contribution in [0.5, 0.6) is 0 Å². The van der Waals surface area contributed by atoms with Gasteiger partial charge in [-0.3, -0.25) is 9.69 Å². The molecule has 104 valence electrons. The van der Waals surface area contributed by atoms with Gasteiger partial charge in [0.2, 0.25) is 0 Å². The predicted octanol–water partition coefficient (Wildman–Crippen LogP) is 0.872. The van der Waals surface area contributed by atoms with Crippen molar-refractivity contribution < 1.29 is 22.7 Å². The second-order valence-corrected chi connectivity index (χ2v) is 4.69. The third-order valence-electron chi connectivity index (χ3n) is 3.49. The molecule has 0 aromatic rings. The zero-order valence-corrected chi connectivity index (χ0v) is 10.1. The third-order valence-corrected chi connectivity index (χ3v) is 3.49. The Hall–Kier alpha value is -0.820. The lowest BCUT2D eigenvalue weighted by Crippen LogP contribution is -2.54. The number of hydrogen-bond donors (Lipinski definition) is 0. The van der Waals surface area contributed by atoms with Crippen LogP contribution in [-0.2, 0) is 9.53 Å². The number of amides is 1. The number of morpholine rings is 1. The van der Waals surface area contributed by atoms with E-state index >= 15 is 0 Å². The largest absolute Gasteiger partial charge is 0.471 e. The molecule has 0 spiro atoms. The Kier molecular flexibility index (Phi) is 4.11. The van der Waals surface area contributed by atoms with Gasteiger partial charge in [-0.15, -0.1) is 0 Å². The smallest absolute Gasteiger partial charge is 0.379 e. The van der Waals surface area contributed by atoms with Crippen LogP contribution >= 0.6 is 0 Å². The third kappa shape index (κ3) is 3.14. The van der Waals surface area contributed by atoms with Gasteiger partial charge in [0.25, 0.3) is 0 Å². The molecule has 0 N–H and O–H groups in total. The molecule has 4 nitrogen and oxygen atoms in total. The summed E-state index contributed by atoms with van der Waals surface area (Å²) in [4.78, 5) is 14.3. The molecule has 2 heterocycles. The van der Waals surface area contributed by atoms with Crippen LogP contribution in [0.15, 0.2) is 0 Å². The Balaban J connectivity index is 1.93. The molecule has 0 radical (unpaired) electrons. The van der Waals surface area contributed by atoms with Crippen LogP contribution < -0.4 is 0 Å². The maximum Gasteiger partial charge on any atom is 0.471 e. The van der Waals surface area contributed by atoms with E-state index in [9.17, 15) is 18.0 Å². The molecule has 0 aliphatic carbocycles. The molecule has 1 unspecified atom stereocenters. The van der Waals surface area contributed by atoms with Crippen molar-refractivity contribution in [3.05, 3.63) is 0 Å². The standard InChI is InChI=1S/C11H17F3N2O2/c12-11(13,14)10(17)16-3-1-2-9(8-16)15-4-6-18-7-5-15/h9H,1-8H2. The van der Waals surface area contributed by atoms with Crippen molar-refractivity contribution in [3.8, 4) is 0 Å². The van der Waals surface area contributed by atoms with E-state index in [1.165, 1.54) is 0 Å². The molecule has 0 bridgehead atoms. The van der Waals surface area contributed by atoms with Crippen molar-refractivity contribution in [2.75, 3.05) is 39.4 Å². The molecule has 0 aromatic heterocycles. The molecule has 1 atom stereocenters. The van der Waals surface area contributed by atoms with Crippen LogP contribution in [0.4, 0.5) is 13.2 Å². The average molecular weight is 266 g/mol. The highest BCUT2D eigenvalue weighted by molar-refractivity contribution is 5.82. The number of ether oxygens (including phenoxy) is 1. The van der Waals surface area contributed by atoms with Gasteiger partial charge in [0.05, 0.1) is 13.2 Å². The molecular weight excluding hydrogens is 249 g/mol. The SMILES string of the molecule is O=C(N1CCCC(N2CCOCC2)C1)C(F)(F)F. The number of hydrogen-bond acceptors (Lipinski definition) is 3. The number of piperidine rings is 1. The predicted molar refractivity (Wildman–Crippen MR) is 58.0 cm³/mol. The second-order valence-electron chi connectivity index (χ2n) is 4.69. The quantitative estimate of drug-likeness (QED) is 0.706. The van der Waals surface area contributed by atoms with Crippen molar-refractivity contribution in [2.45, 2.75) is 25.1 Å². The normalized spacial score (nSPS) is 27.3. The number of halogens is 3. The lowest BCUT2D eigenvalue weighted by molar-refractivity contribution is -0.187. The van der Waals surface area contributed by atoms with Gasteiger partial charge in [-0.25, -0.2) is 0 Å². The van der Waals surface area contributed by atoms with Crippen LogP contribution in [0.3, 0.4) is 0 Å². The lowest BCUT2D eigenvalue weighted by Gasteiger charge is -2.40. The Morgan fingerprint density at radius 3 is 2.44 bits per heavy atom. The minimum atomic E-state index is -4.76. The van der Waals surface area contributed by atoms with E-state index in [0.717, 1.165) is 24.4 Å². The minimum absolute atomic E-state index is 0.0361. The summed E-state index contributed by atoms with van der Waals surface area (Å²) in [6.45, 7) is 3.09. The van der Waals surface area contributed by atoms with Crippen molar-refractivity contribution in [3.63, 3.8) is 0 Å². The Morgan fingerprint density at radius 2 is 1.83 bits per heavy atom. The number of nitrogens with zero attached hydrogens (tertiary/aromatic N) is 2. The molecular formula is C11H17F3N2O2. The van der Waals surface area contributed by atoms with Gasteiger partial charge in [0.15, 0.2) is 0 Å². The molecule has 2 rings (SSSR count). The summed E-state index contributed by atoms with van der Waals surface area (Å²) in [6.07, 6.45) is -3.28.